The summed E-state index contributed by atoms with van der Waals surface area (Å²) in [7, 11) is 0. The number of hydrogen-bond donors (Lipinski definition) is 3. The highest BCUT2D eigenvalue weighted by atomic mass is 32.1. The molecule has 17 heavy (non-hydrogen) atoms. The fourth-order valence-electron chi connectivity index (χ4n) is 2.43. The van der Waals surface area contributed by atoms with E-state index < -0.39 is 6.09 Å². The van der Waals surface area contributed by atoms with Gasteiger partial charge >= 0.3 is 6.09 Å². The molecule has 6 heteroatoms. The number of carbonyl (C=O) groups excluding carboxylic acids is 1. The standard InChI is InChI=1S/C11H17N3O2S/c1-2-16-11(15)14-13-10(17)12-9-6-7-3-4-8(9)5-7/h3-4,7-9H,2,5-6H2,1H3,(H,14,15)(H2,12,13,17)/t7-,8-,9+/m0/s1. The highest BCUT2D eigenvalue weighted by Gasteiger charge is 2.35. The lowest BCUT2D eigenvalue weighted by Gasteiger charge is -2.21. The molecular formula is C11H17N3O2S. The lowest BCUT2D eigenvalue weighted by molar-refractivity contribution is 0.150. The first-order chi connectivity index (χ1) is 8.19. The van der Waals surface area contributed by atoms with Gasteiger partial charge < -0.3 is 10.1 Å². The largest absolute Gasteiger partial charge is 0.449 e. The van der Waals surface area contributed by atoms with E-state index in [1.807, 2.05) is 0 Å². The van der Waals surface area contributed by atoms with Gasteiger partial charge in [-0.3, -0.25) is 5.43 Å². The quantitative estimate of drug-likeness (QED) is 0.391. The number of hydrogen-bond acceptors (Lipinski definition) is 3. The van der Waals surface area contributed by atoms with Crippen molar-refractivity contribution in [3.05, 3.63) is 12.2 Å². The molecule has 0 heterocycles. The predicted molar refractivity (Wildman–Crippen MR) is 68.2 cm³/mol. The van der Waals surface area contributed by atoms with E-state index in [-0.39, 0.29) is 0 Å². The Kier molecular flexibility index (Phi) is 3.83. The molecule has 0 spiro atoms. The molecule has 3 N–H and O–H groups in total. The van der Waals surface area contributed by atoms with Gasteiger partial charge in [0, 0.05) is 6.04 Å². The number of rotatable bonds is 2. The Morgan fingerprint density at radius 1 is 1.41 bits per heavy atom. The molecule has 0 radical (unpaired) electrons. The number of amides is 1. The van der Waals surface area contributed by atoms with Crippen LogP contribution < -0.4 is 16.2 Å². The minimum Gasteiger partial charge on any atom is -0.449 e. The smallest absolute Gasteiger partial charge is 0.425 e. The van der Waals surface area contributed by atoms with Gasteiger partial charge in [0.25, 0.3) is 0 Å². The van der Waals surface area contributed by atoms with Crippen LogP contribution in [0.4, 0.5) is 4.79 Å². The summed E-state index contributed by atoms with van der Waals surface area (Å²) in [5, 5.41) is 3.64. The highest BCUT2D eigenvalue weighted by Crippen LogP contribution is 2.38. The van der Waals surface area contributed by atoms with Crippen molar-refractivity contribution in [1.29, 1.82) is 0 Å². The average molecular weight is 255 g/mol. The van der Waals surface area contributed by atoms with Crippen LogP contribution in [0.15, 0.2) is 12.2 Å². The van der Waals surface area contributed by atoms with E-state index in [0.717, 1.165) is 6.42 Å². The van der Waals surface area contributed by atoms with Crippen LogP contribution in [0.25, 0.3) is 0 Å². The van der Waals surface area contributed by atoms with Gasteiger partial charge in [-0.05, 0) is 43.8 Å². The molecule has 5 nitrogen and oxygen atoms in total. The maximum atomic E-state index is 11.0. The van der Waals surface area contributed by atoms with E-state index in [0.29, 0.717) is 29.6 Å². The first kappa shape index (κ1) is 12.2. The highest BCUT2D eigenvalue weighted by molar-refractivity contribution is 7.80. The Labute approximate surface area is 106 Å². The van der Waals surface area contributed by atoms with Gasteiger partial charge in [0.05, 0.1) is 6.61 Å². The summed E-state index contributed by atoms with van der Waals surface area (Å²) in [6, 6.07) is 0.383. The van der Waals surface area contributed by atoms with Crippen LogP contribution in [0.1, 0.15) is 19.8 Å². The van der Waals surface area contributed by atoms with E-state index in [1.54, 1.807) is 6.92 Å². The van der Waals surface area contributed by atoms with E-state index in [9.17, 15) is 4.79 Å². The van der Waals surface area contributed by atoms with Gasteiger partial charge in [-0.15, -0.1) is 0 Å². The number of thiocarbonyl (C=S) groups is 1. The maximum Gasteiger partial charge on any atom is 0.425 e. The second kappa shape index (κ2) is 5.35. The molecule has 2 bridgehead atoms. The molecule has 0 saturated heterocycles. The monoisotopic (exact) mass is 255 g/mol. The van der Waals surface area contributed by atoms with Crippen molar-refractivity contribution in [3.8, 4) is 0 Å². The average Bonchev–Trinajstić information content (AvgIpc) is 2.88. The molecule has 3 atom stereocenters. The molecule has 2 aliphatic rings. The van der Waals surface area contributed by atoms with Gasteiger partial charge in [-0.25, -0.2) is 10.2 Å². The number of fused-ring (bicyclic) bond motifs is 2. The second-order valence-electron chi connectivity index (χ2n) is 4.33. The zero-order chi connectivity index (χ0) is 12.3. The summed E-state index contributed by atoms with van der Waals surface area (Å²) in [5.74, 6) is 1.26. The van der Waals surface area contributed by atoms with E-state index >= 15 is 0 Å². The first-order valence-electron chi connectivity index (χ1n) is 5.86. The Bertz CT molecular complexity index is 346. The molecule has 0 aliphatic heterocycles. The van der Waals surface area contributed by atoms with Gasteiger partial charge in [-0.1, -0.05) is 12.2 Å². The van der Waals surface area contributed by atoms with Crippen LogP contribution in [0.3, 0.4) is 0 Å². The van der Waals surface area contributed by atoms with Crippen molar-refractivity contribution in [2.45, 2.75) is 25.8 Å². The van der Waals surface area contributed by atoms with Crippen LogP contribution in [-0.4, -0.2) is 23.9 Å². The first-order valence-corrected chi connectivity index (χ1v) is 6.27. The summed E-state index contributed by atoms with van der Waals surface area (Å²) in [6.45, 7) is 2.09. The van der Waals surface area contributed by atoms with Crippen LogP contribution >= 0.6 is 12.2 Å². The fraction of sp³-hybridized carbons (Fsp3) is 0.636. The second-order valence-corrected chi connectivity index (χ2v) is 4.74. The molecule has 2 aliphatic carbocycles. The molecule has 1 saturated carbocycles. The van der Waals surface area contributed by atoms with Crippen molar-refractivity contribution in [3.63, 3.8) is 0 Å². The van der Waals surface area contributed by atoms with Crippen molar-refractivity contribution >= 4 is 23.4 Å². The molecule has 2 rings (SSSR count). The summed E-state index contributed by atoms with van der Waals surface area (Å²) < 4.78 is 4.70. The van der Waals surface area contributed by atoms with E-state index in [2.05, 4.69) is 28.3 Å². The fourth-order valence-corrected chi connectivity index (χ4v) is 2.63. The Balaban J connectivity index is 1.68. The molecule has 0 unspecified atom stereocenters. The summed E-state index contributed by atoms with van der Waals surface area (Å²) in [6.07, 6.45) is 6.32. The van der Waals surface area contributed by atoms with Crippen LogP contribution in [0.2, 0.25) is 0 Å². The predicted octanol–water partition coefficient (Wildman–Crippen LogP) is 1.08. The third kappa shape index (κ3) is 3.09. The number of ether oxygens (including phenoxy) is 1. The van der Waals surface area contributed by atoms with Crippen molar-refractivity contribution in [2.24, 2.45) is 11.8 Å². The SMILES string of the molecule is CCOC(=O)NNC(=S)N[C@@H]1C[C@H]2C=C[C@H]1C2. The lowest BCUT2D eigenvalue weighted by Crippen LogP contribution is -2.50. The summed E-state index contributed by atoms with van der Waals surface area (Å²) in [4.78, 5) is 11.0. The third-order valence-electron chi connectivity index (χ3n) is 3.15. The molecule has 0 aromatic heterocycles. The van der Waals surface area contributed by atoms with Gasteiger partial charge in [0.1, 0.15) is 0 Å². The van der Waals surface area contributed by atoms with Gasteiger partial charge in [0.15, 0.2) is 5.11 Å². The van der Waals surface area contributed by atoms with Crippen molar-refractivity contribution in [2.75, 3.05) is 6.61 Å². The molecule has 0 aromatic rings. The Morgan fingerprint density at radius 3 is 2.82 bits per heavy atom. The third-order valence-corrected chi connectivity index (χ3v) is 3.37. The zero-order valence-corrected chi connectivity index (χ0v) is 10.5. The van der Waals surface area contributed by atoms with Crippen LogP contribution in [0, 0.1) is 11.8 Å². The Morgan fingerprint density at radius 2 is 2.24 bits per heavy atom. The van der Waals surface area contributed by atoms with Crippen LogP contribution in [-0.2, 0) is 4.74 Å². The topological polar surface area (TPSA) is 62.4 Å². The minimum atomic E-state index is -0.524. The number of nitrogens with one attached hydrogen (secondary N) is 3. The van der Waals surface area contributed by atoms with E-state index in [1.165, 1.54) is 6.42 Å². The zero-order valence-electron chi connectivity index (χ0n) is 9.73. The molecular weight excluding hydrogens is 238 g/mol. The molecule has 0 aromatic carbocycles. The number of carbonyl (C=O) groups is 1. The summed E-state index contributed by atoms with van der Waals surface area (Å²) >= 11 is 5.09. The van der Waals surface area contributed by atoms with Crippen molar-refractivity contribution in [1.82, 2.24) is 16.2 Å². The number of allylic oxidation sites excluding steroid dienone is 1. The maximum absolute atomic E-state index is 11.0. The minimum absolute atomic E-state index is 0.338. The molecule has 94 valence electrons. The van der Waals surface area contributed by atoms with E-state index in [4.69, 9.17) is 17.0 Å². The number of hydrazine groups is 1. The van der Waals surface area contributed by atoms with Crippen molar-refractivity contribution < 1.29 is 9.53 Å². The lowest BCUT2D eigenvalue weighted by atomic mass is 10.0. The molecule has 1 fully saturated rings. The van der Waals surface area contributed by atoms with Gasteiger partial charge in [0.2, 0.25) is 0 Å². The van der Waals surface area contributed by atoms with Gasteiger partial charge in [-0.2, -0.15) is 0 Å². The summed E-state index contributed by atoms with van der Waals surface area (Å²) in [5.41, 5.74) is 4.99. The molecule has 1 amide bonds. The Hall–Kier alpha value is -1.30. The normalized spacial score (nSPS) is 28.9. The van der Waals surface area contributed by atoms with Crippen LogP contribution in [0.5, 0.6) is 0 Å².